The number of imide groups is 1. The topological polar surface area (TPSA) is 37.4 Å². The van der Waals surface area contributed by atoms with E-state index >= 15 is 0 Å². The molecule has 1 fully saturated rings. The van der Waals surface area contributed by atoms with Gasteiger partial charge in [-0.15, -0.1) is 0 Å². The highest BCUT2D eigenvalue weighted by Gasteiger charge is 2.33. The largest absolute Gasteiger partial charge is 0.274 e. The molecular formula is C12H11NO2. The maximum absolute atomic E-state index is 11.6. The molecule has 0 unspecified atom stereocenters. The Kier molecular flexibility index (Phi) is 2.15. The number of benzene rings is 1. The molecule has 1 aromatic rings. The molecular weight excluding hydrogens is 190 g/mol. The Labute approximate surface area is 88.0 Å². The maximum atomic E-state index is 11.6. The molecule has 1 heterocycles. The van der Waals surface area contributed by atoms with Crippen molar-refractivity contribution in [2.45, 2.75) is 13.3 Å². The summed E-state index contributed by atoms with van der Waals surface area (Å²) in [6.45, 7) is 5.49. The third-order valence-corrected chi connectivity index (χ3v) is 2.38. The standard InChI is InChI=1S/C12H11NO2/c1-8-4-3-5-10(6-8)13-11(14)7-9(2)12(13)15/h3-6H,2,7H2,1H3. The van der Waals surface area contributed by atoms with E-state index in [1.54, 1.807) is 6.07 Å². The van der Waals surface area contributed by atoms with Crippen molar-refractivity contribution < 1.29 is 9.59 Å². The maximum Gasteiger partial charge on any atom is 0.260 e. The van der Waals surface area contributed by atoms with E-state index in [9.17, 15) is 9.59 Å². The summed E-state index contributed by atoms with van der Waals surface area (Å²) in [5.41, 5.74) is 2.01. The van der Waals surface area contributed by atoms with Crippen molar-refractivity contribution in [3.05, 3.63) is 42.0 Å². The van der Waals surface area contributed by atoms with Crippen molar-refractivity contribution in [3.63, 3.8) is 0 Å². The summed E-state index contributed by atoms with van der Waals surface area (Å²) in [4.78, 5) is 24.4. The molecule has 3 nitrogen and oxygen atoms in total. The van der Waals surface area contributed by atoms with E-state index in [0.717, 1.165) is 5.56 Å². The minimum absolute atomic E-state index is 0.132. The van der Waals surface area contributed by atoms with Gasteiger partial charge in [0, 0.05) is 5.57 Å². The predicted molar refractivity (Wildman–Crippen MR) is 57.4 cm³/mol. The van der Waals surface area contributed by atoms with Crippen LogP contribution in [0.4, 0.5) is 5.69 Å². The number of hydrogen-bond donors (Lipinski definition) is 0. The summed E-state index contributed by atoms with van der Waals surface area (Å²) >= 11 is 0. The second-order valence-electron chi connectivity index (χ2n) is 3.65. The van der Waals surface area contributed by atoms with E-state index < -0.39 is 0 Å². The number of anilines is 1. The number of hydrogen-bond acceptors (Lipinski definition) is 2. The zero-order chi connectivity index (χ0) is 11.0. The van der Waals surface area contributed by atoms with E-state index in [1.165, 1.54) is 4.90 Å². The van der Waals surface area contributed by atoms with Crippen LogP contribution in [0, 0.1) is 6.92 Å². The molecule has 0 bridgehead atoms. The highest BCUT2D eigenvalue weighted by Crippen LogP contribution is 2.25. The minimum Gasteiger partial charge on any atom is -0.274 e. The number of aryl methyl sites for hydroxylation is 1. The molecule has 0 saturated carbocycles. The lowest BCUT2D eigenvalue weighted by atomic mass is 10.2. The zero-order valence-electron chi connectivity index (χ0n) is 8.49. The normalized spacial score (nSPS) is 16.3. The molecule has 76 valence electrons. The number of amides is 2. The van der Waals surface area contributed by atoms with E-state index in [-0.39, 0.29) is 18.2 Å². The van der Waals surface area contributed by atoms with Gasteiger partial charge in [-0.05, 0) is 24.6 Å². The Hall–Kier alpha value is -1.90. The van der Waals surface area contributed by atoms with Crippen LogP contribution in [0.3, 0.4) is 0 Å². The first-order chi connectivity index (χ1) is 7.09. The number of carbonyl (C=O) groups excluding carboxylic acids is 2. The van der Waals surface area contributed by atoms with Crippen LogP contribution in [0.2, 0.25) is 0 Å². The third kappa shape index (κ3) is 1.56. The Balaban J connectivity index is 2.43. The zero-order valence-corrected chi connectivity index (χ0v) is 8.49. The second-order valence-corrected chi connectivity index (χ2v) is 3.65. The van der Waals surface area contributed by atoms with Gasteiger partial charge in [-0.2, -0.15) is 0 Å². The molecule has 0 atom stereocenters. The van der Waals surface area contributed by atoms with Crippen molar-refractivity contribution in [1.82, 2.24) is 0 Å². The van der Waals surface area contributed by atoms with Crippen molar-refractivity contribution in [2.24, 2.45) is 0 Å². The Morgan fingerprint density at radius 3 is 2.60 bits per heavy atom. The number of rotatable bonds is 1. The minimum atomic E-state index is -0.286. The molecule has 1 aliphatic rings. The first-order valence-electron chi connectivity index (χ1n) is 4.71. The number of nitrogens with zero attached hydrogens (tertiary/aromatic N) is 1. The average Bonchev–Trinajstić information content (AvgIpc) is 2.41. The Bertz CT molecular complexity index is 462. The monoisotopic (exact) mass is 201 g/mol. The Morgan fingerprint density at radius 1 is 1.33 bits per heavy atom. The molecule has 15 heavy (non-hydrogen) atoms. The summed E-state index contributed by atoms with van der Waals surface area (Å²) < 4.78 is 0. The SMILES string of the molecule is C=C1CC(=O)N(c2cccc(C)c2)C1=O. The van der Waals surface area contributed by atoms with Gasteiger partial charge in [0.2, 0.25) is 5.91 Å². The van der Waals surface area contributed by atoms with Gasteiger partial charge in [-0.1, -0.05) is 18.7 Å². The van der Waals surface area contributed by atoms with Crippen LogP contribution in [0.15, 0.2) is 36.4 Å². The third-order valence-electron chi connectivity index (χ3n) is 2.38. The van der Waals surface area contributed by atoms with E-state index in [4.69, 9.17) is 0 Å². The summed E-state index contributed by atoms with van der Waals surface area (Å²) in [5, 5.41) is 0. The van der Waals surface area contributed by atoms with Crippen LogP contribution in [0.1, 0.15) is 12.0 Å². The van der Waals surface area contributed by atoms with Gasteiger partial charge in [0.15, 0.2) is 0 Å². The first kappa shape index (κ1) is 9.65. The van der Waals surface area contributed by atoms with Gasteiger partial charge in [0.1, 0.15) is 0 Å². The lowest BCUT2D eigenvalue weighted by molar-refractivity contribution is -0.120. The van der Waals surface area contributed by atoms with Crippen molar-refractivity contribution in [3.8, 4) is 0 Å². The van der Waals surface area contributed by atoms with E-state index in [2.05, 4.69) is 6.58 Å². The van der Waals surface area contributed by atoms with Crippen molar-refractivity contribution >= 4 is 17.5 Å². The van der Waals surface area contributed by atoms with Crippen LogP contribution in [-0.4, -0.2) is 11.8 Å². The molecule has 2 rings (SSSR count). The van der Waals surface area contributed by atoms with Gasteiger partial charge in [-0.25, -0.2) is 4.90 Å². The lowest BCUT2D eigenvalue weighted by Gasteiger charge is -2.13. The molecule has 3 heteroatoms. The van der Waals surface area contributed by atoms with Crippen LogP contribution >= 0.6 is 0 Å². The number of carbonyl (C=O) groups is 2. The van der Waals surface area contributed by atoms with Crippen LogP contribution < -0.4 is 4.90 Å². The summed E-state index contributed by atoms with van der Waals surface area (Å²) in [5.74, 6) is -0.485. The molecule has 1 aromatic carbocycles. The average molecular weight is 201 g/mol. The smallest absolute Gasteiger partial charge is 0.260 e. The predicted octanol–water partition coefficient (Wildman–Crippen LogP) is 1.81. The molecule has 1 saturated heterocycles. The molecule has 0 N–H and O–H groups in total. The molecule has 2 amide bonds. The van der Waals surface area contributed by atoms with Crippen LogP contribution in [0.5, 0.6) is 0 Å². The lowest BCUT2D eigenvalue weighted by Crippen LogP contribution is -2.28. The van der Waals surface area contributed by atoms with Gasteiger partial charge < -0.3 is 0 Å². The molecule has 0 radical (unpaired) electrons. The van der Waals surface area contributed by atoms with Crippen LogP contribution in [0.25, 0.3) is 0 Å². The summed E-state index contributed by atoms with van der Waals surface area (Å²) in [6, 6.07) is 7.31. The van der Waals surface area contributed by atoms with Crippen molar-refractivity contribution in [1.29, 1.82) is 0 Å². The van der Waals surface area contributed by atoms with Crippen molar-refractivity contribution in [2.75, 3.05) is 4.90 Å². The fraction of sp³-hybridized carbons (Fsp3) is 0.167. The summed E-state index contributed by atoms with van der Waals surface area (Å²) in [6.07, 6.45) is 0.132. The highest BCUT2D eigenvalue weighted by atomic mass is 16.2. The van der Waals surface area contributed by atoms with Gasteiger partial charge >= 0.3 is 0 Å². The van der Waals surface area contributed by atoms with Crippen LogP contribution in [-0.2, 0) is 9.59 Å². The highest BCUT2D eigenvalue weighted by molar-refractivity contribution is 6.27. The quantitative estimate of drug-likeness (QED) is 0.513. The molecule has 1 aliphatic heterocycles. The Morgan fingerprint density at radius 2 is 2.07 bits per heavy atom. The van der Waals surface area contributed by atoms with Gasteiger partial charge in [0.25, 0.3) is 5.91 Å². The molecule has 0 aromatic heterocycles. The van der Waals surface area contributed by atoms with E-state index in [0.29, 0.717) is 11.3 Å². The fourth-order valence-corrected chi connectivity index (χ4v) is 1.64. The molecule has 0 spiro atoms. The second kappa shape index (κ2) is 3.35. The fourth-order valence-electron chi connectivity index (χ4n) is 1.64. The first-order valence-corrected chi connectivity index (χ1v) is 4.71. The molecule has 0 aliphatic carbocycles. The van der Waals surface area contributed by atoms with Gasteiger partial charge in [0.05, 0.1) is 12.1 Å². The summed E-state index contributed by atoms with van der Waals surface area (Å²) in [7, 11) is 0. The van der Waals surface area contributed by atoms with E-state index in [1.807, 2.05) is 25.1 Å². The van der Waals surface area contributed by atoms with Gasteiger partial charge in [-0.3, -0.25) is 9.59 Å².